The summed E-state index contributed by atoms with van der Waals surface area (Å²) >= 11 is 4.27. The average molecular weight is 173 g/mol. The van der Waals surface area contributed by atoms with Gasteiger partial charge in [0.05, 0.1) is 5.16 Å². The van der Waals surface area contributed by atoms with Crippen molar-refractivity contribution in [1.29, 1.82) is 0 Å². The molecule has 0 fully saturated rings. The highest BCUT2D eigenvalue weighted by atomic mass is 32.1. The summed E-state index contributed by atoms with van der Waals surface area (Å²) in [5.41, 5.74) is 0. The molecule has 0 saturated carbocycles. The van der Waals surface area contributed by atoms with Crippen LogP contribution in [0.5, 0.6) is 0 Å². The zero-order valence-electron chi connectivity index (χ0n) is 5.55. The van der Waals surface area contributed by atoms with E-state index in [-0.39, 0.29) is 12.2 Å². The quantitative estimate of drug-likeness (QED) is 0.438. The number of nitrogens with zero attached hydrogens (tertiary/aromatic N) is 1. The van der Waals surface area contributed by atoms with Crippen molar-refractivity contribution in [1.82, 2.24) is 0 Å². The predicted molar refractivity (Wildman–Crippen MR) is 41.8 cm³/mol. The fourth-order valence-electron chi connectivity index (χ4n) is 0.802. The van der Waals surface area contributed by atoms with Gasteiger partial charge in [-0.3, -0.25) is 0 Å². The molecule has 0 N–H and O–H groups in total. The molecule has 1 aliphatic carbocycles. The van der Waals surface area contributed by atoms with Gasteiger partial charge in [-0.2, -0.15) is 0 Å². The summed E-state index contributed by atoms with van der Waals surface area (Å²) < 4.78 is 25.1. The van der Waals surface area contributed by atoms with Crippen LogP contribution in [0.25, 0.3) is 0 Å². The Morgan fingerprint density at radius 2 is 2.27 bits per heavy atom. The van der Waals surface area contributed by atoms with E-state index in [1.807, 2.05) is 5.16 Å². The maximum atomic E-state index is 12.7. The van der Waals surface area contributed by atoms with Crippen molar-refractivity contribution in [2.45, 2.75) is 12.5 Å². The summed E-state index contributed by atoms with van der Waals surface area (Å²) in [6.07, 6.45) is 2.09. The van der Waals surface area contributed by atoms with Crippen LogP contribution < -0.4 is 0 Å². The molecule has 1 rings (SSSR count). The molecule has 11 heavy (non-hydrogen) atoms. The van der Waals surface area contributed by atoms with Crippen molar-refractivity contribution in [2.24, 2.45) is 4.99 Å². The number of thiocarbonyl (C=S) groups is 1. The second-order valence-corrected chi connectivity index (χ2v) is 2.29. The second kappa shape index (κ2) is 3.51. The van der Waals surface area contributed by atoms with Crippen LogP contribution in [0.2, 0.25) is 0 Å². The standard InChI is InChI=1S/C7H5F2NS/c8-5-1-2-6(9)7(3-5)10-4-11/h1-2,7H,3H2. The molecule has 1 aliphatic rings. The molecular weight excluding hydrogens is 168 g/mol. The van der Waals surface area contributed by atoms with Gasteiger partial charge in [-0.15, -0.1) is 0 Å². The molecule has 0 aromatic heterocycles. The van der Waals surface area contributed by atoms with Gasteiger partial charge in [0, 0.05) is 6.42 Å². The first-order chi connectivity index (χ1) is 5.24. The van der Waals surface area contributed by atoms with Crippen LogP contribution >= 0.6 is 12.2 Å². The normalized spacial score (nSPS) is 23.3. The molecule has 0 heterocycles. The summed E-state index contributed by atoms with van der Waals surface area (Å²) in [6.45, 7) is 0. The van der Waals surface area contributed by atoms with Crippen molar-refractivity contribution < 1.29 is 8.78 Å². The Morgan fingerprint density at radius 1 is 1.55 bits per heavy atom. The lowest BCUT2D eigenvalue weighted by atomic mass is 10.1. The highest BCUT2D eigenvalue weighted by Gasteiger charge is 2.17. The van der Waals surface area contributed by atoms with Gasteiger partial charge in [-0.25, -0.2) is 13.8 Å². The van der Waals surface area contributed by atoms with E-state index in [0.717, 1.165) is 12.2 Å². The lowest BCUT2D eigenvalue weighted by Crippen LogP contribution is -2.07. The molecule has 0 radical (unpaired) electrons. The van der Waals surface area contributed by atoms with Crippen LogP contribution in [0.4, 0.5) is 8.78 Å². The van der Waals surface area contributed by atoms with E-state index in [4.69, 9.17) is 0 Å². The van der Waals surface area contributed by atoms with Crippen molar-refractivity contribution in [2.75, 3.05) is 0 Å². The Labute approximate surface area is 68.1 Å². The maximum Gasteiger partial charge on any atom is 0.126 e. The SMILES string of the molecule is FC1=CC=C(F)C(N=C=S)C1. The third kappa shape index (κ3) is 2.03. The van der Waals surface area contributed by atoms with Gasteiger partial charge in [0.1, 0.15) is 17.7 Å². The number of isothiocyanates is 1. The molecule has 0 bridgehead atoms. The highest BCUT2D eigenvalue weighted by Crippen LogP contribution is 2.22. The van der Waals surface area contributed by atoms with Crippen LogP contribution in [0, 0.1) is 0 Å². The minimum Gasteiger partial charge on any atom is -0.221 e. The van der Waals surface area contributed by atoms with Crippen molar-refractivity contribution in [3.8, 4) is 0 Å². The average Bonchev–Trinajstić information content (AvgIpc) is 1.98. The number of hydrogen-bond donors (Lipinski definition) is 0. The Morgan fingerprint density at radius 3 is 2.91 bits per heavy atom. The summed E-state index contributed by atoms with van der Waals surface area (Å²) in [5, 5.41) is 2.02. The number of halogens is 2. The van der Waals surface area contributed by atoms with Crippen LogP contribution in [0.3, 0.4) is 0 Å². The molecule has 1 atom stereocenters. The van der Waals surface area contributed by atoms with E-state index in [0.29, 0.717) is 0 Å². The van der Waals surface area contributed by atoms with Gasteiger partial charge in [0.2, 0.25) is 0 Å². The summed E-state index contributed by atoms with van der Waals surface area (Å²) in [4.78, 5) is 3.46. The molecule has 0 aromatic rings. The molecule has 0 spiro atoms. The zero-order chi connectivity index (χ0) is 8.27. The Bertz CT molecular complexity index is 264. The van der Waals surface area contributed by atoms with E-state index in [9.17, 15) is 8.78 Å². The first kappa shape index (κ1) is 8.24. The van der Waals surface area contributed by atoms with Crippen LogP contribution in [0.15, 0.2) is 28.8 Å². The summed E-state index contributed by atoms with van der Waals surface area (Å²) in [5.74, 6) is -0.853. The Balaban J connectivity index is 2.81. The molecular formula is C7H5F2NS. The fourth-order valence-corrected chi connectivity index (χ4v) is 0.930. The topological polar surface area (TPSA) is 12.4 Å². The van der Waals surface area contributed by atoms with Crippen LogP contribution in [-0.4, -0.2) is 11.2 Å². The largest absolute Gasteiger partial charge is 0.221 e. The number of hydrogen-bond acceptors (Lipinski definition) is 2. The van der Waals surface area contributed by atoms with E-state index in [1.54, 1.807) is 0 Å². The third-order valence-corrected chi connectivity index (χ3v) is 1.44. The lowest BCUT2D eigenvalue weighted by molar-refractivity contribution is 0.485. The first-order valence-electron chi connectivity index (χ1n) is 3.03. The highest BCUT2D eigenvalue weighted by molar-refractivity contribution is 7.78. The van der Waals surface area contributed by atoms with E-state index >= 15 is 0 Å². The maximum absolute atomic E-state index is 12.7. The van der Waals surface area contributed by atoms with Gasteiger partial charge < -0.3 is 0 Å². The van der Waals surface area contributed by atoms with Crippen LogP contribution in [-0.2, 0) is 0 Å². The summed E-state index contributed by atoms with van der Waals surface area (Å²) in [7, 11) is 0. The minimum atomic E-state index is -0.794. The van der Waals surface area contributed by atoms with E-state index < -0.39 is 11.9 Å². The second-order valence-electron chi connectivity index (χ2n) is 2.11. The molecule has 1 nitrogen and oxygen atoms in total. The van der Waals surface area contributed by atoms with Crippen molar-refractivity contribution in [3.63, 3.8) is 0 Å². The molecule has 0 aliphatic heterocycles. The Hall–Kier alpha value is -0.860. The van der Waals surface area contributed by atoms with Gasteiger partial charge in [0.15, 0.2) is 0 Å². The van der Waals surface area contributed by atoms with Crippen molar-refractivity contribution in [3.05, 3.63) is 23.8 Å². The molecule has 0 saturated heterocycles. The zero-order valence-corrected chi connectivity index (χ0v) is 6.37. The fraction of sp³-hybridized carbons (Fsp3) is 0.286. The van der Waals surface area contributed by atoms with Gasteiger partial charge in [-0.1, -0.05) is 0 Å². The predicted octanol–water partition coefficient (Wildman–Crippen LogP) is 2.57. The van der Waals surface area contributed by atoms with Gasteiger partial charge in [0.25, 0.3) is 0 Å². The number of aliphatic imine (C=N–C) groups is 1. The summed E-state index contributed by atoms with van der Waals surface area (Å²) in [6, 6.07) is -0.794. The molecule has 0 amide bonds. The van der Waals surface area contributed by atoms with Gasteiger partial charge >= 0.3 is 0 Å². The van der Waals surface area contributed by atoms with Crippen molar-refractivity contribution >= 4 is 17.4 Å². The molecule has 58 valence electrons. The monoisotopic (exact) mass is 173 g/mol. The lowest BCUT2D eigenvalue weighted by Gasteiger charge is -2.09. The molecule has 4 heteroatoms. The molecule has 0 aromatic carbocycles. The first-order valence-corrected chi connectivity index (χ1v) is 3.43. The minimum absolute atomic E-state index is 0.0496. The third-order valence-electron chi connectivity index (χ3n) is 1.34. The van der Waals surface area contributed by atoms with Crippen LogP contribution in [0.1, 0.15) is 6.42 Å². The smallest absolute Gasteiger partial charge is 0.126 e. The molecule has 1 unspecified atom stereocenters. The number of allylic oxidation sites excluding steroid dienone is 2. The van der Waals surface area contributed by atoms with E-state index in [1.165, 1.54) is 0 Å². The number of rotatable bonds is 1. The van der Waals surface area contributed by atoms with E-state index in [2.05, 4.69) is 17.2 Å². The van der Waals surface area contributed by atoms with Gasteiger partial charge in [-0.05, 0) is 24.4 Å². The Kier molecular flexibility index (Phi) is 2.63.